The molecule has 0 fully saturated rings. The Hall–Kier alpha value is -1.16. The molecule has 0 atom stereocenters. The van der Waals surface area contributed by atoms with Crippen LogP contribution in [0.3, 0.4) is 0 Å². The van der Waals surface area contributed by atoms with Crippen LogP contribution in [0.5, 0.6) is 5.75 Å². The number of hydrogen-bond donors (Lipinski definition) is 1. The van der Waals surface area contributed by atoms with Gasteiger partial charge in [-0.3, -0.25) is 4.79 Å². The van der Waals surface area contributed by atoms with Gasteiger partial charge in [0.25, 0.3) is 5.91 Å². The van der Waals surface area contributed by atoms with E-state index in [1.54, 1.807) is 11.9 Å². The zero-order valence-corrected chi connectivity index (χ0v) is 10.0. The molecule has 0 unspecified atom stereocenters. The molecule has 82 valence electrons. The molecule has 1 aromatic rings. The smallest absolute Gasteiger partial charge is 0.264 e. The van der Waals surface area contributed by atoms with Gasteiger partial charge in [-0.05, 0) is 35.6 Å². The number of ether oxygens (including phenoxy) is 1. The number of carbonyl (C=O) groups excluding carboxylic acids is 1. The van der Waals surface area contributed by atoms with Crippen LogP contribution in [-0.2, 0) is 4.79 Å². The van der Waals surface area contributed by atoms with Crippen molar-refractivity contribution in [3.8, 4) is 5.75 Å². The molecule has 0 aromatic heterocycles. The highest BCUT2D eigenvalue weighted by Gasteiger charge is 2.22. The SMILES string of the molecule is CN1C(=O)COc2ccc([SH](C)C)cc21. The first-order valence-corrected chi connectivity index (χ1v) is 7.04. The van der Waals surface area contributed by atoms with Crippen molar-refractivity contribution in [3.63, 3.8) is 0 Å². The van der Waals surface area contributed by atoms with Crippen molar-refractivity contribution in [1.82, 2.24) is 0 Å². The van der Waals surface area contributed by atoms with Crippen molar-refractivity contribution < 1.29 is 9.53 Å². The molecule has 0 bridgehead atoms. The molecule has 1 heterocycles. The van der Waals surface area contributed by atoms with Crippen LogP contribution in [0.25, 0.3) is 0 Å². The Kier molecular flexibility index (Phi) is 2.61. The maximum atomic E-state index is 11.4. The summed E-state index contributed by atoms with van der Waals surface area (Å²) in [4.78, 5) is 14.4. The molecular formula is C11H15NO2S. The van der Waals surface area contributed by atoms with Gasteiger partial charge in [0.1, 0.15) is 5.75 Å². The van der Waals surface area contributed by atoms with E-state index in [0.717, 1.165) is 11.4 Å². The van der Waals surface area contributed by atoms with E-state index in [9.17, 15) is 4.79 Å². The second kappa shape index (κ2) is 3.77. The number of fused-ring (bicyclic) bond motifs is 1. The lowest BCUT2D eigenvalue weighted by Gasteiger charge is -2.27. The van der Waals surface area contributed by atoms with Crippen LogP contribution in [0.2, 0.25) is 0 Å². The normalized spacial score (nSPS) is 15.8. The van der Waals surface area contributed by atoms with Crippen molar-refractivity contribution in [2.24, 2.45) is 0 Å². The van der Waals surface area contributed by atoms with Crippen molar-refractivity contribution in [1.29, 1.82) is 0 Å². The topological polar surface area (TPSA) is 29.5 Å². The molecule has 0 saturated carbocycles. The standard InChI is InChI=1S/C11H15NO2S/c1-12-9-6-8(15(2)3)4-5-10(9)14-7-11(12)13/h4-6,15H,7H2,1-3H3. The Balaban J connectivity index is 2.45. The van der Waals surface area contributed by atoms with Crippen LogP contribution < -0.4 is 9.64 Å². The Labute approximate surface area is 92.4 Å². The lowest BCUT2D eigenvalue weighted by Crippen LogP contribution is -2.35. The van der Waals surface area contributed by atoms with E-state index in [0.29, 0.717) is 0 Å². The Morgan fingerprint density at radius 1 is 1.40 bits per heavy atom. The molecule has 0 aliphatic carbocycles. The van der Waals surface area contributed by atoms with Crippen LogP contribution in [0, 0.1) is 0 Å². The van der Waals surface area contributed by atoms with Crippen LogP contribution in [0.1, 0.15) is 0 Å². The number of hydrogen-bond acceptors (Lipinski definition) is 2. The number of carbonyl (C=O) groups is 1. The minimum atomic E-state index is -0.138. The Morgan fingerprint density at radius 3 is 2.80 bits per heavy atom. The largest absolute Gasteiger partial charge is 0.482 e. The van der Waals surface area contributed by atoms with Gasteiger partial charge in [-0.2, -0.15) is 0 Å². The van der Waals surface area contributed by atoms with Crippen LogP contribution in [0.15, 0.2) is 23.1 Å². The van der Waals surface area contributed by atoms with Crippen molar-refractivity contribution in [2.75, 3.05) is 31.1 Å². The third-order valence-corrected chi connectivity index (χ3v) is 3.86. The van der Waals surface area contributed by atoms with Crippen LogP contribution >= 0.6 is 10.9 Å². The molecule has 0 saturated heterocycles. The molecule has 1 amide bonds. The zero-order chi connectivity index (χ0) is 11.0. The fraction of sp³-hybridized carbons (Fsp3) is 0.364. The fourth-order valence-corrected chi connectivity index (χ4v) is 2.29. The fourth-order valence-electron chi connectivity index (χ4n) is 1.54. The van der Waals surface area contributed by atoms with E-state index in [2.05, 4.69) is 24.6 Å². The van der Waals surface area contributed by atoms with E-state index >= 15 is 0 Å². The third kappa shape index (κ3) is 1.81. The van der Waals surface area contributed by atoms with Gasteiger partial charge in [0.05, 0.1) is 5.69 Å². The summed E-state index contributed by atoms with van der Waals surface area (Å²) in [6.45, 7) is 0.149. The summed E-state index contributed by atoms with van der Waals surface area (Å²) in [6.07, 6.45) is 4.39. The number of nitrogens with zero attached hydrogens (tertiary/aromatic N) is 1. The lowest BCUT2D eigenvalue weighted by molar-refractivity contribution is -0.120. The second-order valence-electron chi connectivity index (χ2n) is 3.79. The number of rotatable bonds is 1. The Bertz CT molecular complexity index is 404. The first kappa shape index (κ1) is 10.4. The van der Waals surface area contributed by atoms with Gasteiger partial charge in [-0.1, -0.05) is 0 Å². The van der Waals surface area contributed by atoms with E-state index in [-0.39, 0.29) is 23.4 Å². The highest BCUT2D eigenvalue weighted by molar-refractivity contribution is 8.15. The van der Waals surface area contributed by atoms with E-state index in [1.807, 2.05) is 6.07 Å². The molecule has 2 rings (SSSR count). The summed E-state index contributed by atoms with van der Waals surface area (Å²) in [7, 11) is 1.66. The predicted octanol–water partition coefficient (Wildman–Crippen LogP) is 1.66. The lowest BCUT2D eigenvalue weighted by atomic mass is 10.2. The highest BCUT2D eigenvalue weighted by atomic mass is 32.2. The molecule has 0 radical (unpaired) electrons. The van der Waals surface area contributed by atoms with Gasteiger partial charge in [-0.25, -0.2) is 10.9 Å². The average molecular weight is 225 g/mol. The van der Waals surface area contributed by atoms with E-state index in [1.165, 1.54) is 4.90 Å². The molecule has 4 heteroatoms. The Morgan fingerprint density at radius 2 is 2.13 bits per heavy atom. The monoisotopic (exact) mass is 225 g/mol. The maximum Gasteiger partial charge on any atom is 0.264 e. The predicted molar refractivity (Wildman–Crippen MR) is 64.4 cm³/mol. The summed E-state index contributed by atoms with van der Waals surface area (Å²) in [6, 6.07) is 6.09. The van der Waals surface area contributed by atoms with Crippen LogP contribution in [0.4, 0.5) is 5.69 Å². The van der Waals surface area contributed by atoms with E-state index < -0.39 is 0 Å². The number of benzene rings is 1. The second-order valence-corrected chi connectivity index (χ2v) is 6.09. The van der Waals surface area contributed by atoms with Gasteiger partial charge in [-0.15, -0.1) is 0 Å². The molecule has 1 aromatic carbocycles. The highest BCUT2D eigenvalue weighted by Crippen LogP contribution is 2.38. The number of anilines is 1. The summed E-state index contributed by atoms with van der Waals surface area (Å²) < 4.78 is 5.36. The van der Waals surface area contributed by atoms with Crippen molar-refractivity contribution >= 4 is 22.5 Å². The quantitative estimate of drug-likeness (QED) is 0.737. The van der Waals surface area contributed by atoms with Gasteiger partial charge < -0.3 is 9.64 Å². The van der Waals surface area contributed by atoms with Gasteiger partial charge >= 0.3 is 0 Å². The van der Waals surface area contributed by atoms with Gasteiger partial charge in [0.15, 0.2) is 6.61 Å². The average Bonchev–Trinajstić information content (AvgIpc) is 2.23. The summed E-state index contributed by atoms with van der Waals surface area (Å²) in [5.74, 6) is 0.814. The molecular weight excluding hydrogens is 210 g/mol. The third-order valence-electron chi connectivity index (χ3n) is 2.55. The van der Waals surface area contributed by atoms with Crippen LogP contribution in [-0.4, -0.2) is 32.1 Å². The molecule has 1 aliphatic heterocycles. The molecule has 0 N–H and O–H groups in total. The summed E-state index contributed by atoms with van der Waals surface area (Å²) in [5.41, 5.74) is 0.889. The molecule has 1 aliphatic rings. The van der Waals surface area contributed by atoms with Gasteiger partial charge in [0.2, 0.25) is 0 Å². The molecule has 3 nitrogen and oxygen atoms in total. The number of likely N-dealkylation sites (N-methyl/N-ethyl adjacent to an activating group) is 1. The van der Waals surface area contributed by atoms with E-state index in [4.69, 9.17) is 4.74 Å². The van der Waals surface area contributed by atoms with Crippen molar-refractivity contribution in [3.05, 3.63) is 18.2 Å². The summed E-state index contributed by atoms with van der Waals surface area (Å²) in [5, 5.41) is 0. The maximum absolute atomic E-state index is 11.4. The van der Waals surface area contributed by atoms with Crippen molar-refractivity contribution in [2.45, 2.75) is 4.90 Å². The summed E-state index contributed by atoms with van der Waals surface area (Å²) >= 11 is 0. The number of amides is 1. The first-order chi connectivity index (χ1) is 7.09. The first-order valence-electron chi connectivity index (χ1n) is 4.80. The minimum absolute atomic E-state index is 0.0104. The molecule has 0 spiro atoms. The zero-order valence-electron chi connectivity index (χ0n) is 9.15. The number of thiol groups is 1. The minimum Gasteiger partial charge on any atom is -0.482 e. The molecule has 15 heavy (non-hydrogen) atoms. The van der Waals surface area contributed by atoms with Gasteiger partial charge in [0, 0.05) is 7.05 Å².